The van der Waals surface area contributed by atoms with Crippen molar-refractivity contribution in [3.63, 3.8) is 0 Å². The SMILES string of the molecule is COc1ccc2c(c1)nc(C(C)Cl)n2CCCS(C)(=O)=O. The van der Waals surface area contributed by atoms with Gasteiger partial charge in [-0.3, -0.25) is 0 Å². The topological polar surface area (TPSA) is 61.2 Å². The van der Waals surface area contributed by atoms with Gasteiger partial charge in [0.05, 0.1) is 29.3 Å². The van der Waals surface area contributed by atoms with Crippen molar-refractivity contribution in [3.8, 4) is 5.75 Å². The summed E-state index contributed by atoms with van der Waals surface area (Å²) < 4.78 is 29.7. The van der Waals surface area contributed by atoms with Crippen LogP contribution in [0.2, 0.25) is 0 Å². The second kappa shape index (κ2) is 6.23. The summed E-state index contributed by atoms with van der Waals surface area (Å²) in [6.07, 6.45) is 1.78. The lowest BCUT2D eigenvalue weighted by molar-refractivity contribution is 0.415. The number of nitrogens with zero attached hydrogens (tertiary/aromatic N) is 2. The predicted octanol–water partition coefficient (Wildman–Crippen LogP) is 2.78. The number of methoxy groups -OCH3 is 1. The average molecular weight is 331 g/mol. The summed E-state index contributed by atoms with van der Waals surface area (Å²) in [5.74, 6) is 1.63. The van der Waals surface area contributed by atoms with E-state index in [4.69, 9.17) is 16.3 Å². The van der Waals surface area contributed by atoms with Crippen LogP contribution in [0.25, 0.3) is 11.0 Å². The van der Waals surface area contributed by atoms with Gasteiger partial charge in [-0.2, -0.15) is 0 Å². The highest BCUT2D eigenvalue weighted by atomic mass is 35.5. The summed E-state index contributed by atoms with van der Waals surface area (Å²) in [5, 5.41) is -0.248. The van der Waals surface area contributed by atoms with E-state index in [1.807, 2.05) is 29.7 Å². The van der Waals surface area contributed by atoms with Gasteiger partial charge in [0.25, 0.3) is 0 Å². The minimum atomic E-state index is -2.96. The zero-order chi connectivity index (χ0) is 15.6. The first-order valence-electron chi connectivity index (χ1n) is 6.68. The Bertz CT molecular complexity index is 738. The van der Waals surface area contributed by atoms with Gasteiger partial charge < -0.3 is 9.30 Å². The Morgan fingerprint density at radius 2 is 2.14 bits per heavy atom. The molecule has 5 nitrogen and oxygen atoms in total. The molecule has 0 saturated heterocycles. The van der Waals surface area contributed by atoms with E-state index in [1.165, 1.54) is 6.26 Å². The monoisotopic (exact) mass is 330 g/mol. The first-order valence-corrected chi connectivity index (χ1v) is 9.17. The molecule has 0 aliphatic heterocycles. The summed E-state index contributed by atoms with van der Waals surface area (Å²) in [7, 11) is -1.35. The summed E-state index contributed by atoms with van der Waals surface area (Å²) in [4.78, 5) is 4.54. The van der Waals surface area contributed by atoms with E-state index in [0.29, 0.717) is 13.0 Å². The number of fused-ring (bicyclic) bond motifs is 1. The summed E-state index contributed by atoms with van der Waals surface area (Å²) in [6.45, 7) is 2.43. The molecule has 0 radical (unpaired) electrons. The molecule has 0 N–H and O–H groups in total. The van der Waals surface area contributed by atoms with E-state index in [1.54, 1.807) is 7.11 Å². The molecule has 0 fully saturated rings. The lowest BCUT2D eigenvalue weighted by Gasteiger charge is -2.10. The third-order valence-corrected chi connectivity index (χ3v) is 4.46. The van der Waals surface area contributed by atoms with Crippen molar-refractivity contribution in [3.05, 3.63) is 24.0 Å². The van der Waals surface area contributed by atoms with Crippen molar-refractivity contribution in [2.45, 2.75) is 25.3 Å². The predicted molar refractivity (Wildman–Crippen MR) is 84.9 cm³/mol. The summed E-state index contributed by atoms with van der Waals surface area (Å²) in [6, 6.07) is 5.63. The van der Waals surface area contributed by atoms with Gasteiger partial charge in [0.15, 0.2) is 0 Å². The second-order valence-corrected chi connectivity index (χ2v) is 7.99. The number of hydrogen-bond donors (Lipinski definition) is 0. The molecule has 1 unspecified atom stereocenters. The van der Waals surface area contributed by atoms with Crippen LogP contribution in [0, 0.1) is 0 Å². The van der Waals surface area contributed by atoms with Crippen molar-refractivity contribution < 1.29 is 13.2 Å². The van der Waals surface area contributed by atoms with Crippen LogP contribution in [-0.2, 0) is 16.4 Å². The van der Waals surface area contributed by atoms with Crippen LogP contribution in [-0.4, -0.2) is 37.1 Å². The van der Waals surface area contributed by atoms with Crippen molar-refractivity contribution >= 4 is 32.5 Å². The number of aryl methyl sites for hydroxylation is 1. The zero-order valence-electron chi connectivity index (χ0n) is 12.3. The first-order chi connectivity index (χ1) is 9.81. The third kappa shape index (κ3) is 3.89. The number of aromatic nitrogens is 2. The highest BCUT2D eigenvalue weighted by molar-refractivity contribution is 7.90. The number of halogens is 1. The van der Waals surface area contributed by atoms with Crippen LogP contribution < -0.4 is 4.74 Å². The van der Waals surface area contributed by atoms with E-state index in [0.717, 1.165) is 22.6 Å². The molecule has 21 heavy (non-hydrogen) atoms. The van der Waals surface area contributed by atoms with Gasteiger partial charge in [0.2, 0.25) is 0 Å². The van der Waals surface area contributed by atoms with Crippen LogP contribution in [0.5, 0.6) is 5.75 Å². The Hall–Kier alpha value is -1.27. The van der Waals surface area contributed by atoms with Gasteiger partial charge in [-0.15, -0.1) is 11.6 Å². The van der Waals surface area contributed by atoms with Crippen LogP contribution in [0.3, 0.4) is 0 Å². The molecule has 2 aromatic rings. The molecule has 0 spiro atoms. The molecule has 0 saturated carbocycles. The van der Waals surface area contributed by atoms with Crippen molar-refractivity contribution in [2.75, 3.05) is 19.1 Å². The van der Waals surface area contributed by atoms with Gasteiger partial charge >= 0.3 is 0 Å². The Labute approximate surface area is 129 Å². The minimum Gasteiger partial charge on any atom is -0.497 e. The maximum atomic E-state index is 11.3. The molecule has 0 bridgehead atoms. The number of alkyl halides is 1. The summed E-state index contributed by atoms with van der Waals surface area (Å²) >= 11 is 6.19. The molecule has 7 heteroatoms. The van der Waals surface area contributed by atoms with Gasteiger partial charge in [0.1, 0.15) is 21.4 Å². The van der Waals surface area contributed by atoms with E-state index in [9.17, 15) is 8.42 Å². The molecular formula is C14H19ClN2O3S. The second-order valence-electron chi connectivity index (χ2n) is 5.08. The smallest absolute Gasteiger partial charge is 0.147 e. The summed E-state index contributed by atoms with van der Waals surface area (Å²) in [5.41, 5.74) is 1.74. The molecule has 0 aliphatic rings. The lowest BCUT2D eigenvalue weighted by atomic mass is 10.3. The zero-order valence-corrected chi connectivity index (χ0v) is 13.9. The van der Waals surface area contributed by atoms with E-state index >= 15 is 0 Å². The number of rotatable bonds is 6. The van der Waals surface area contributed by atoms with E-state index in [2.05, 4.69) is 4.98 Å². The molecule has 0 amide bonds. The van der Waals surface area contributed by atoms with Gasteiger partial charge in [0, 0.05) is 18.9 Å². The van der Waals surface area contributed by atoms with Gasteiger partial charge in [-0.1, -0.05) is 0 Å². The fourth-order valence-corrected chi connectivity index (χ4v) is 3.10. The molecule has 116 valence electrons. The Kier molecular flexibility index (Phi) is 4.78. The van der Waals surface area contributed by atoms with Gasteiger partial charge in [-0.25, -0.2) is 13.4 Å². The van der Waals surface area contributed by atoms with E-state index < -0.39 is 9.84 Å². The molecule has 1 aromatic carbocycles. The number of hydrogen-bond acceptors (Lipinski definition) is 4. The normalized spacial score (nSPS) is 13.5. The number of benzene rings is 1. The molecule has 1 aromatic heterocycles. The number of ether oxygens (including phenoxy) is 1. The Morgan fingerprint density at radius 1 is 1.43 bits per heavy atom. The lowest BCUT2D eigenvalue weighted by Crippen LogP contribution is -2.10. The third-order valence-electron chi connectivity index (χ3n) is 3.24. The average Bonchev–Trinajstić information content (AvgIpc) is 2.75. The van der Waals surface area contributed by atoms with E-state index in [-0.39, 0.29) is 11.1 Å². The quantitative estimate of drug-likeness (QED) is 0.764. The van der Waals surface area contributed by atoms with Crippen LogP contribution in [0.4, 0.5) is 0 Å². The van der Waals surface area contributed by atoms with Gasteiger partial charge in [-0.05, 0) is 25.5 Å². The fraction of sp³-hybridized carbons (Fsp3) is 0.500. The highest BCUT2D eigenvalue weighted by Gasteiger charge is 2.15. The molecule has 0 aliphatic carbocycles. The maximum Gasteiger partial charge on any atom is 0.147 e. The molecular weight excluding hydrogens is 312 g/mol. The fourth-order valence-electron chi connectivity index (χ4n) is 2.28. The van der Waals surface area contributed by atoms with Crippen LogP contribution in [0.15, 0.2) is 18.2 Å². The maximum absolute atomic E-state index is 11.3. The van der Waals surface area contributed by atoms with Crippen LogP contribution in [0.1, 0.15) is 24.5 Å². The molecule has 1 heterocycles. The van der Waals surface area contributed by atoms with Crippen molar-refractivity contribution in [1.29, 1.82) is 0 Å². The van der Waals surface area contributed by atoms with Crippen molar-refractivity contribution in [1.82, 2.24) is 9.55 Å². The first kappa shape index (κ1) is 16.1. The minimum absolute atomic E-state index is 0.152. The molecule has 2 rings (SSSR count). The Morgan fingerprint density at radius 3 is 2.71 bits per heavy atom. The number of imidazole rings is 1. The number of sulfone groups is 1. The standard InChI is InChI=1S/C14H19ClN2O3S/c1-10(15)14-16-12-9-11(20-2)5-6-13(12)17(14)7-4-8-21(3,18)19/h5-6,9-10H,4,7-8H2,1-3H3. The van der Waals surface area contributed by atoms with Crippen LogP contribution >= 0.6 is 11.6 Å². The van der Waals surface area contributed by atoms with Crippen molar-refractivity contribution in [2.24, 2.45) is 0 Å². The highest BCUT2D eigenvalue weighted by Crippen LogP contribution is 2.27. The largest absolute Gasteiger partial charge is 0.497 e. The molecule has 1 atom stereocenters. The Balaban J connectivity index is 2.37.